The summed E-state index contributed by atoms with van der Waals surface area (Å²) in [6.45, 7) is 2.80. The molecule has 0 aromatic carbocycles. The minimum atomic E-state index is -1.24. The second-order valence-corrected chi connectivity index (χ2v) is 2.22. The molecule has 0 atom stereocenters. The number of aryl methyl sites for hydroxylation is 1. The maximum atomic E-state index is 10.8. The van der Waals surface area contributed by atoms with Gasteiger partial charge in [-0.25, -0.2) is 9.78 Å². The average molecular weight is 169 g/mol. The van der Waals surface area contributed by atoms with Gasteiger partial charge >= 0.3 is 5.97 Å². The van der Waals surface area contributed by atoms with Gasteiger partial charge in [-0.1, -0.05) is 0 Å². The van der Waals surface area contributed by atoms with Gasteiger partial charge in [0.05, 0.1) is 0 Å². The topological polar surface area (TPSA) is 85.1 Å². The Morgan fingerprint density at radius 1 is 1.50 bits per heavy atom. The number of aromatic nitrogens is 3. The van der Waals surface area contributed by atoms with Gasteiger partial charge in [0.1, 0.15) is 5.82 Å². The molecule has 0 aliphatic heterocycles. The molecule has 1 N–H and O–H groups in total. The van der Waals surface area contributed by atoms with E-state index < -0.39 is 5.97 Å². The summed E-state index contributed by atoms with van der Waals surface area (Å²) < 4.78 is 0.948. The third-order valence-electron chi connectivity index (χ3n) is 1.26. The van der Waals surface area contributed by atoms with Crippen molar-refractivity contribution in [1.29, 1.82) is 0 Å². The molecule has 12 heavy (non-hydrogen) atoms. The zero-order valence-electron chi connectivity index (χ0n) is 6.61. The number of carboxylic acid groups (broad SMARTS) is 1. The summed E-state index contributed by atoms with van der Waals surface area (Å²) >= 11 is 0. The summed E-state index contributed by atoms with van der Waals surface area (Å²) in [6, 6.07) is 0. The maximum absolute atomic E-state index is 10.8. The number of nitrogens with zero attached hydrogens (tertiary/aromatic N) is 3. The molecule has 0 amide bonds. The molecule has 1 rings (SSSR count). The number of aromatic carboxylic acids is 1. The molecule has 0 saturated heterocycles. The molecule has 0 bridgehead atoms. The molecule has 0 aliphatic carbocycles. The van der Waals surface area contributed by atoms with Crippen LogP contribution < -0.4 is 0 Å². The molecule has 6 nitrogen and oxygen atoms in total. The predicted molar refractivity (Wildman–Crippen MR) is 38.0 cm³/mol. The first-order valence-electron chi connectivity index (χ1n) is 3.20. The normalized spacial score (nSPS) is 9.83. The molecule has 0 unspecified atom stereocenters. The van der Waals surface area contributed by atoms with Gasteiger partial charge in [-0.05, 0) is 6.92 Å². The lowest BCUT2D eigenvalue weighted by Crippen LogP contribution is -2.10. The number of carboxylic acids is 1. The first-order valence-corrected chi connectivity index (χ1v) is 3.20. The van der Waals surface area contributed by atoms with Crippen LogP contribution in [0.2, 0.25) is 0 Å². The zero-order chi connectivity index (χ0) is 9.30. The number of carbonyl (C=O) groups is 2. The van der Waals surface area contributed by atoms with Crippen LogP contribution in [0.4, 0.5) is 0 Å². The van der Waals surface area contributed by atoms with Crippen molar-refractivity contribution in [2.75, 3.05) is 0 Å². The first-order chi connectivity index (χ1) is 5.52. The van der Waals surface area contributed by atoms with Gasteiger partial charge in [-0.2, -0.15) is 4.68 Å². The zero-order valence-corrected chi connectivity index (χ0v) is 6.61. The first kappa shape index (κ1) is 8.38. The highest BCUT2D eigenvalue weighted by Gasteiger charge is 2.13. The van der Waals surface area contributed by atoms with Gasteiger partial charge in [0.2, 0.25) is 5.91 Å². The molecule has 0 spiro atoms. The number of carbonyl (C=O) groups excluding carboxylic acids is 1. The Labute approximate surface area is 67.8 Å². The van der Waals surface area contributed by atoms with Gasteiger partial charge in [0.25, 0.3) is 5.82 Å². The highest BCUT2D eigenvalue weighted by molar-refractivity contribution is 5.84. The summed E-state index contributed by atoms with van der Waals surface area (Å²) in [5, 5.41) is 11.9. The molecule has 1 heterocycles. The van der Waals surface area contributed by atoms with E-state index in [2.05, 4.69) is 10.1 Å². The lowest BCUT2D eigenvalue weighted by molar-refractivity contribution is 0.0683. The molecule has 0 fully saturated rings. The Morgan fingerprint density at radius 2 is 2.08 bits per heavy atom. The van der Waals surface area contributed by atoms with E-state index in [1.807, 2.05) is 0 Å². The average Bonchev–Trinajstić information content (AvgIpc) is 2.30. The predicted octanol–water partition coefficient (Wildman–Crippen LogP) is -0.0552. The van der Waals surface area contributed by atoms with Crippen LogP contribution in [-0.4, -0.2) is 31.7 Å². The fourth-order valence-electron chi connectivity index (χ4n) is 0.779. The number of hydrogen-bond donors (Lipinski definition) is 1. The van der Waals surface area contributed by atoms with E-state index in [0.717, 1.165) is 4.68 Å². The van der Waals surface area contributed by atoms with Crippen molar-refractivity contribution >= 4 is 11.9 Å². The van der Waals surface area contributed by atoms with Gasteiger partial charge in [0, 0.05) is 6.92 Å². The van der Waals surface area contributed by atoms with E-state index in [1.165, 1.54) is 13.8 Å². The van der Waals surface area contributed by atoms with E-state index in [4.69, 9.17) is 5.11 Å². The van der Waals surface area contributed by atoms with E-state index in [0.29, 0.717) is 0 Å². The van der Waals surface area contributed by atoms with Crippen molar-refractivity contribution in [2.45, 2.75) is 13.8 Å². The van der Waals surface area contributed by atoms with Crippen molar-refractivity contribution in [3.05, 3.63) is 11.6 Å². The molecule has 1 aromatic rings. The van der Waals surface area contributed by atoms with Crippen molar-refractivity contribution in [3.8, 4) is 0 Å². The van der Waals surface area contributed by atoms with E-state index in [1.54, 1.807) is 0 Å². The molecule has 0 aliphatic rings. The summed E-state index contributed by atoms with van der Waals surface area (Å²) in [4.78, 5) is 24.7. The van der Waals surface area contributed by atoms with Crippen LogP contribution in [-0.2, 0) is 0 Å². The van der Waals surface area contributed by atoms with Crippen molar-refractivity contribution in [3.63, 3.8) is 0 Å². The summed E-state index contributed by atoms with van der Waals surface area (Å²) in [5.41, 5.74) is 0. The van der Waals surface area contributed by atoms with Crippen LogP contribution in [0.25, 0.3) is 0 Å². The fraction of sp³-hybridized carbons (Fsp3) is 0.333. The van der Waals surface area contributed by atoms with Gasteiger partial charge < -0.3 is 5.11 Å². The van der Waals surface area contributed by atoms with Crippen LogP contribution in [0, 0.1) is 6.92 Å². The maximum Gasteiger partial charge on any atom is 0.375 e. The summed E-state index contributed by atoms with van der Waals surface area (Å²) in [5.74, 6) is -1.67. The SMILES string of the molecule is CC(=O)n1nc(C(=O)O)nc1C. The summed E-state index contributed by atoms with van der Waals surface area (Å²) in [6.07, 6.45) is 0. The molecule has 1 aromatic heterocycles. The second kappa shape index (κ2) is 2.72. The van der Waals surface area contributed by atoms with Crippen LogP contribution in [0.15, 0.2) is 0 Å². The third-order valence-corrected chi connectivity index (χ3v) is 1.26. The molecule has 0 saturated carbocycles. The minimum Gasteiger partial charge on any atom is -0.475 e. The molecular formula is C6H7N3O3. The Hall–Kier alpha value is -1.72. The van der Waals surface area contributed by atoms with E-state index in [9.17, 15) is 9.59 Å². The monoisotopic (exact) mass is 169 g/mol. The number of hydrogen-bond acceptors (Lipinski definition) is 4. The number of rotatable bonds is 1. The Balaban J connectivity index is 3.17. The summed E-state index contributed by atoms with van der Waals surface area (Å²) in [7, 11) is 0. The minimum absolute atomic E-state index is 0.278. The van der Waals surface area contributed by atoms with Crippen LogP contribution in [0.1, 0.15) is 28.2 Å². The van der Waals surface area contributed by atoms with Crippen LogP contribution in [0.5, 0.6) is 0 Å². The third kappa shape index (κ3) is 1.31. The van der Waals surface area contributed by atoms with Gasteiger partial charge in [0.15, 0.2) is 0 Å². The van der Waals surface area contributed by atoms with Crippen LogP contribution in [0.3, 0.4) is 0 Å². The molecule has 0 radical (unpaired) electrons. The Bertz CT molecular complexity index is 342. The largest absolute Gasteiger partial charge is 0.475 e. The highest BCUT2D eigenvalue weighted by atomic mass is 16.4. The lowest BCUT2D eigenvalue weighted by Gasteiger charge is -1.91. The molecular weight excluding hydrogens is 162 g/mol. The Morgan fingerprint density at radius 3 is 2.33 bits per heavy atom. The molecule has 64 valence electrons. The highest BCUT2D eigenvalue weighted by Crippen LogP contribution is 1.96. The van der Waals surface area contributed by atoms with E-state index in [-0.39, 0.29) is 17.6 Å². The smallest absolute Gasteiger partial charge is 0.375 e. The van der Waals surface area contributed by atoms with Crippen LogP contribution >= 0.6 is 0 Å². The quantitative estimate of drug-likeness (QED) is 0.636. The van der Waals surface area contributed by atoms with Crippen molar-refractivity contribution < 1.29 is 14.7 Å². The van der Waals surface area contributed by atoms with Gasteiger partial charge in [-0.3, -0.25) is 4.79 Å². The second-order valence-electron chi connectivity index (χ2n) is 2.22. The molecule has 6 heteroatoms. The fourth-order valence-corrected chi connectivity index (χ4v) is 0.779. The van der Waals surface area contributed by atoms with Gasteiger partial charge in [-0.15, -0.1) is 5.10 Å². The standard InChI is InChI=1S/C6H7N3O3/c1-3-7-5(6(11)12)8-9(3)4(2)10/h1-2H3,(H,11,12). The lowest BCUT2D eigenvalue weighted by atomic mass is 10.6. The van der Waals surface area contributed by atoms with Crippen molar-refractivity contribution in [2.24, 2.45) is 0 Å². The van der Waals surface area contributed by atoms with E-state index >= 15 is 0 Å². The van der Waals surface area contributed by atoms with Crippen molar-refractivity contribution in [1.82, 2.24) is 14.8 Å². The Kier molecular flexibility index (Phi) is 1.90.